The van der Waals surface area contributed by atoms with Crippen LogP contribution < -0.4 is 10.2 Å². The molecule has 0 unspecified atom stereocenters. The highest BCUT2D eigenvalue weighted by Crippen LogP contribution is 2.13. The van der Waals surface area contributed by atoms with Gasteiger partial charge in [-0.3, -0.25) is 4.79 Å². The molecule has 0 radical (unpaired) electrons. The molecule has 0 heterocycles. The van der Waals surface area contributed by atoms with Crippen LogP contribution in [0.4, 0.5) is 5.69 Å². The van der Waals surface area contributed by atoms with Gasteiger partial charge in [-0.1, -0.05) is 18.2 Å². The van der Waals surface area contributed by atoms with Crippen molar-refractivity contribution >= 4 is 11.6 Å². The zero-order valence-corrected chi connectivity index (χ0v) is 12.1. The fourth-order valence-corrected chi connectivity index (χ4v) is 1.96. The van der Waals surface area contributed by atoms with E-state index < -0.39 is 0 Å². The predicted molar refractivity (Wildman–Crippen MR) is 83.1 cm³/mol. The number of nitrogens with one attached hydrogen (secondary N) is 1. The molecule has 4 heteroatoms. The number of hydrogen-bond donors (Lipinski definition) is 1. The Morgan fingerprint density at radius 2 is 1.95 bits per heavy atom. The van der Waals surface area contributed by atoms with E-state index in [1.165, 1.54) is 0 Å². The molecular formula is C17H17N3O. The summed E-state index contributed by atoms with van der Waals surface area (Å²) in [6.45, 7) is 0.403. The third-order valence-electron chi connectivity index (χ3n) is 3.13. The molecule has 0 spiro atoms. The van der Waals surface area contributed by atoms with E-state index >= 15 is 0 Å². The summed E-state index contributed by atoms with van der Waals surface area (Å²) in [5, 5.41) is 11.7. The second-order valence-corrected chi connectivity index (χ2v) is 4.94. The fourth-order valence-electron chi connectivity index (χ4n) is 1.96. The Labute approximate surface area is 124 Å². The lowest BCUT2D eigenvalue weighted by atomic mass is 10.1. The molecule has 0 aliphatic rings. The lowest BCUT2D eigenvalue weighted by molar-refractivity contribution is 0.0951. The number of carbonyl (C=O) groups excluding carboxylic acids is 1. The van der Waals surface area contributed by atoms with Gasteiger partial charge in [-0.2, -0.15) is 5.26 Å². The second kappa shape index (κ2) is 6.58. The Balaban J connectivity index is 2.05. The van der Waals surface area contributed by atoms with Crippen LogP contribution in [0.15, 0.2) is 48.5 Å². The lowest BCUT2D eigenvalue weighted by Crippen LogP contribution is -2.23. The van der Waals surface area contributed by atoms with Gasteiger partial charge >= 0.3 is 0 Å². The smallest absolute Gasteiger partial charge is 0.251 e. The van der Waals surface area contributed by atoms with Crippen molar-refractivity contribution in [3.63, 3.8) is 0 Å². The SMILES string of the molecule is CN(C)c1cccc(C(=O)NCc2cccc(C#N)c2)c1. The van der Waals surface area contributed by atoms with Crippen LogP contribution in [-0.2, 0) is 6.54 Å². The summed E-state index contributed by atoms with van der Waals surface area (Å²) in [5.74, 6) is -0.124. The van der Waals surface area contributed by atoms with Crippen LogP contribution in [0.25, 0.3) is 0 Å². The minimum absolute atomic E-state index is 0.124. The van der Waals surface area contributed by atoms with Crippen LogP contribution in [-0.4, -0.2) is 20.0 Å². The van der Waals surface area contributed by atoms with Gasteiger partial charge in [-0.15, -0.1) is 0 Å². The van der Waals surface area contributed by atoms with Crippen LogP contribution in [0, 0.1) is 11.3 Å². The van der Waals surface area contributed by atoms with Crippen LogP contribution in [0.5, 0.6) is 0 Å². The minimum Gasteiger partial charge on any atom is -0.378 e. The summed E-state index contributed by atoms with van der Waals surface area (Å²) < 4.78 is 0. The average molecular weight is 279 g/mol. The maximum absolute atomic E-state index is 12.2. The molecule has 0 fully saturated rings. The van der Waals surface area contributed by atoms with Gasteiger partial charge in [0.25, 0.3) is 5.91 Å². The van der Waals surface area contributed by atoms with Crippen molar-refractivity contribution in [2.45, 2.75) is 6.54 Å². The van der Waals surface area contributed by atoms with Crippen LogP contribution in [0.1, 0.15) is 21.5 Å². The molecule has 1 amide bonds. The zero-order chi connectivity index (χ0) is 15.2. The van der Waals surface area contributed by atoms with E-state index in [2.05, 4.69) is 11.4 Å². The third-order valence-corrected chi connectivity index (χ3v) is 3.13. The molecule has 106 valence electrons. The van der Waals surface area contributed by atoms with Crippen molar-refractivity contribution in [3.8, 4) is 6.07 Å². The molecule has 0 atom stereocenters. The van der Waals surface area contributed by atoms with Crippen molar-refractivity contribution < 1.29 is 4.79 Å². The number of hydrogen-bond acceptors (Lipinski definition) is 3. The predicted octanol–water partition coefficient (Wildman–Crippen LogP) is 2.55. The monoisotopic (exact) mass is 279 g/mol. The summed E-state index contributed by atoms with van der Waals surface area (Å²) in [5.41, 5.74) is 3.11. The van der Waals surface area contributed by atoms with Gasteiger partial charge in [0.05, 0.1) is 11.6 Å². The van der Waals surface area contributed by atoms with Gasteiger partial charge in [0.2, 0.25) is 0 Å². The molecule has 2 rings (SSSR count). The molecule has 0 aliphatic carbocycles. The van der Waals surface area contributed by atoms with Crippen molar-refractivity contribution in [1.82, 2.24) is 5.32 Å². The highest BCUT2D eigenvalue weighted by atomic mass is 16.1. The van der Waals surface area contributed by atoms with Crippen molar-refractivity contribution in [3.05, 3.63) is 65.2 Å². The quantitative estimate of drug-likeness (QED) is 0.935. The summed E-state index contributed by atoms with van der Waals surface area (Å²) >= 11 is 0. The van der Waals surface area contributed by atoms with Gasteiger partial charge in [0.1, 0.15) is 0 Å². The van der Waals surface area contributed by atoms with Gasteiger partial charge in [-0.25, -0.2) is 0 Å². The number of anilines is 1. The Morgan fingerprint density at radius 3 is 2.67 bits per heavy atom. The van der Waals surface area contributed by atoms with Crippen LogP contribution >= 0.6 is 0 Å². The summed E-state index contributed by atoms with van der Waals surface area (Å²) in [4.78, 5) is 14.1. The Morgan fingerprint density at radius 1 is 1.19 bits per heavy atom. The molecule has 2 aromatic carbocycles. The highest BCUT2D eigenvalue weighted by molar-refractivity contribution is 5.95. The molecule has 0 aliphatic heterocycles. The van der Waals surface area contributed by atoms with E-state index in [1.807, 2.05) is 49.3 Å². The van der Waals surface area contributed by atoms with Gasteiger partial charge in [0.15, 0.2) is 0 Å². The van der Waals surface area contributed by atoms with Crippen molar-refractivity contribution in [1.29, 1.82) is 5.26 Å². The molecule has 21 heavy (non-hydrogen) atoms. The number of benzene rings is 2. The van der Waals surface area contributed by atoms with Gasteiger partial charge in [0, 0.05) is 31.9 Å². The molecule has 0 aromatic heterocycles. The first kappa shape index (κ1) is 14.6. The highest BCUT2D eigenvalue weighted by Gasteiger charge is 2.07. The van der Waals surface area contributed by atoms with E-state index in [-0.39, 0.29) is 5.91 Å². The number of carbonyl (C=O) groups is 1. The van der Waals surface area contributed by atoms with E-state index in [1.54, 1.807) is 18.2 Å². The second-order valence-electron chi connectivity index (χ2n) is 4.94. The molecular weight excluding hydrogens is 262 g/mol. The molecule has 0 saturated carbocycles. The summed E-state index contributed by atoms with van der Waals surface area (Å²) in [6.07, 6.45) is 0. The first-order valence-electron chi connectivity index (χ1n) is 6.65. The third kappa shape index (κ3) is 3.83. The van der Waals surface area contributed by atoms with E-state index in [9.17, 15) is 4.79 Å². The zero-order valence-electron chi connectivity index (χ0n) is 12.1. The van der Waals surface area contributed by atoms with Gasteiger partial charge < -0.3 is 10.2 Å². The maximum atomic E-state index is 12.2. The van der Waals surface area contributed by atoms with Gasteiger partial charge in [-0.05, 0) is 35.9 Å². The molecule has 0 saturated heterocycles. The van der Waals surface area contributed by atoms with Crippen molar-refractivity contribution in [2.75, 3.05) is 19.0 Å². The van der Waals surface area contributed by atoms with Crippen LogP contribution in [0.3, 0.4) is 0 Å². The normalized spacial score (nSPS) is 9.76. The summed E-state index contributed by atoms with van der Waals surface area (Å²) in [6, 6.07) is 16.8. The molecule has 1 N–H and O–H groups in total. The molecule has 2 aromatic rings. The van der Waals surface area contributed by atoms with Crippen LogP contribution in [0.2, 0.25) is 0 Å². The Kier molecular flexibility index (Phi) is 4.57. The topological polar surface area (TPSA) is 56.1 Å². The lowest BCUT2D eigenvalue weighted by Gasteiger charge is -2.13. The number of rotatable bonds is 4. The van der Waals surface area contributed by atoms with E-state index in [0.29, 0.717) is 17.7 Å². The van der Waals surface area contributed by atoms with E-state index in [0.717, 1.165) is 11.3 Å². The summed E-state index contributed by atoms with van der Waals surface area (Å²) in [7, 11) is 3.87. The first-order valence-corrected chi connectivity index (χ1v) is 6.65. The fraction of sp³-hybridized carbons (Fsp3) is 0.176. The molecule has 4 nitrogen and oxygen atoms in total. The average Bonchev–Trinajstić information content (AvgIpc) is 2.53. The number of nitriles is 1. The minimum atomic E-state index is -0.124. The number of amides is 1. The molecule has 0 bridgehead atoms. The van der Waals surface area contributed by atoms with Crippen molar-refractivity contribution in [2.24, 2.45) is 0 Å². The Bertz CT molecular complexity index is 686. The maximum Gasteiger partial charge on any atom is 0.251 e. The first-order chi connectivity index (χ1) is 10.1. The van der Waals surface area contributed by atoms with E-state index in [4.69, 9.17) is 5.26 Å². The largest absolute Gasteiger partial charge is 0.378 e. The standard InChI is InChI=1S/C17H17N3O/c1-20(2)16-8-4-7-15(10-16)17(21)19-12-14-6-3-5-13(9-14)11-18/h3-10H,12H2,1-2H3,(H,19,21). The number of nitrogens with zero attached hydrogens (tertiary/aromatic N) is 2. The Hall–Kier alpha value is -2.80.